The minimum atomic E-state index is -0.344. The molecule has 1 aliphatic heterocycles. The van der Waals surface area contributed by atoms with E-state index in [0.717, 1.165) is 18.4 Å². The zero-order valence-electron chi connectivity index (χ0n) is 13.6. The zero-order valence-corrected chi connectivity index (χ0v) is 13.6. The number of carbonyl (C=O) groups excluding carboxylic acids is 2. The summed E-state index contributed by atoms with van der Waals surface area (Å²) in [5.41, 5.74) is 0.980. The van der Waals surface area contributed by atoms with Gasteiger partial charge in [-0.2, -0.15) is 0 Å². The molecule has 126 valence electrons. The number of benzene rings is 1. The zero-order chi connectivity index (χ0) is 16.8. The molecule has 0 spiro atoms. The van der Waals surface area contributed by atoms with Crippen LogP contribution >= 0.6 is 0 Å². The van der Waals surface area contributed by atoms with Crippen molar-refractivity contribution >= 4 is 11.8 Å². The second-order valence-electron chi connectivity index (χ2n) is 6.00. The fraction of sp³-hybridized carbons (Fsp3) is 0.389. The van der Waals surface area contributed by atoms with Crippen molar-refractivity contribution in [1.29, 1.82) is 0 Å². The Kier molecular flexibility index (Phi) is 5.25. The van der Waals surface area contributed by atoms with Crippen molar-refractivity contribution in [2.24, 2.45) is 0 Å². The number of nitrogens with zero attached hydrogens (tertiary/aromatic N) is 3. The predicted octanol–water partition coefficient (Wildman–Crippen LogP) is 1.23. The molecule has 0 aliphatic carbocycles. The van der Waals surface area contributed by atoms with E-state index in [0.29, 0.717) is 26.1 Å². The van der Waals surface area contributed by atoms with Gasteiger partial charge in [-0.15, -0.1) is 0 Å². The standard InChI is InChI=1S/C18H22N4O2/c23-17(13-15-5-2-1-3-6-15)22-10-4-7-16(22)18(24)20-9-12-21-11-8-19-14-21/h1-3,5-6,8,11,14,16H,4,7,9-10,12-13H2,(H,20,24). The molecule has 1 N–H and O–H groups in total. The van der Waals surface area contributed by atoms with Crippen molar-refractivity contribution in [1.82, 2.24) is 19.8 Å². The van der Waals surface area contributed by atoms with Gasteiger partial charge in [-0.25, -0.2) is 4.98 Å². The quantitative estimate of drug-likeness (QED) is 0.868. The van der Waals surface area contributed by atoms with Crippen molar-refractivity contribution in [3.05, 3.63) is 54.6 Å². The van der Waals surface area contributed by atoms with E-state index in [1.54, 1.807) is 17.4 Å². The fourth-order valence-corrected chi connectivity index (χ4v) is 3.05. The maximum atomic E-state index is 12.5. The van der Waals surface area contributed by atoms with Crippen molar-refractivity contribution in [2.45, 2.75) is 31.8 Å². The Labute approximate surface area is 141 Å². The van der Waals surface area contributed by atoms with Gasteiger partial charge in [-0.3, -0.25) is 9.59 Å². The van der Waals surface area contributed by atoms with Gasteiger partial charge in [0.2, 0.25) is 11.8 Å². The largest absolute Gasteiger partial charge is 0.353 e. The van der Waals surface area contributed by atoms with E-state index in [-0.39, 0.29) is 17.9 Å². The van der Waals surface area contributed by atoms with Crippen LogP contribution in [0.1, 0.15) is 18.4 Å². The van der Waals surface area contributed by atoms with Crippen molar-refractivity contribution in [3.8, 4) is 0 Å². The van der Waals surface area contributed by atoms with E-state index in [1.165, 1.54) is 0 Å². The van der Waals surface area contributed by atoms with Gasteiger partial charge in [0.15, 0.2) is 0 Å². The first-order valence-electron chi connectivity index (χ1n) is 8.31. The summed E-state index contributed by atoms with van der Waals surface area (Å²) >= 11 is 0. The average Bonchev–Trinajstić information content (AvgIpc) is 3.27. The highest BCUT2D eigenvalue weighted by Gasteiger charge is 2.33. The lowest BCUT2D eigenvalue weighted by Crippen LogP contribution is -2.47. The average molecular weight is 326 g/mol. The highest BCUT2D eigenvalue weighted by molar-refractivity contribution is 5.89. The Morgan fingerprint density at radius 2 is 2.08 bits per heavy atom. The maximum Gasteiger partial charge on any atom is 0.242 e. The van der Waals surface area contributed by atoms with Crippen LogP contribution in [0.4, 0.5) is 0 Å². The topological polar surface area (TPSA) is 67.2 Å². The van der Waals surface area contributed by atoms with E-state index >= 15 is 0 Å². The van der Waals surface area contributed by atoms with E-state index in [9.17, 15) is 9.59 Å². The number of nitrogens with one attached hydrogen (secondary N) is 1. The second kappa shape index (κ2) is 7.77. The van der Waals surface area contributed by atoms with Crippen LogP contribution in [-0.4, -0.2) is 45.4 Å². The van der Waals surface area contributed by atoms with Gasteiger partial charge in [0.05, 0.1) is 12.7 Å². The summed E-state index contributed by atoms with van der Waals surface area (Å²) in [6.45, 7) is 1.87. The van der Waals surface area contributed by atoms with E-state index in [1.807, 2.05) is 41.1 Å². The first kappa shape index (κ1) is 16.2. The predicted molar refractivity (Wildman–Crippen MR) is 90.1 cm³/mol. The molecule has 0 radical (unpaired) electrons. The molecular weight excluding hydrogens is 304 g/mol. The summed E-state index contributed by atoms with van der Waals surface area (Å²) in [6, 6.07) is 9.31. The molecule has 0 saturated carbocycles. The summed E-state index contributed by atoms with van der Waals surface area (Å²) in [5.74, 6) is -0.0394. The summed E-state index contributed by atoms with van der Waals surface area (Å²) in [4.78, 5) is 30.6. The molecule has 1 fully saturated rings. The second-order valence-corrected chi connectivity index (χ2v) is 6.00. The van der Waals surface area contributed by atoms with Crippen molar-refractivity contribution in [2.75, 3.05) is 13.1 Å². The van der Waals surface area contributed by atoms with Crippen LogP contribution in [0, 0.1) is 0 Å². The first-order chi connectivity index (χ1) is 11.7. The lowest BCUT2D eigenvalue weighted by Gasteiger charge is -2.24. The Hall–Kier alpha value is -2.63. The number of hydrogen-bond donors (Lipinski definition) is 1. The van der Waals surface area contributed by atoms with Crippen molar-refractivity contribution < 1.29 is 9.59 Å². The fourth-order valence-electron chi connectivity index (χ4n) is 3.05. The molecular formula is C18H22N4O2. The van der Waals surface area contributed by atoms with Crippen LogP contribution < -0.4 is 5.32 Å². The maximum absolute atomic E-state index is 12.5. The van der Waals surface area contributed by atoms with Crippen LogP contribution in [0.25, 0.3) is 0 Å². The van der Waals surface area contributed by atoms with Gasteiger partial charge < -0.3 is 14.8 Å². The number of hydrogen-bond acceptors (Lipinski definition) is 3. The van der Waals surface area contributed by atoms with Crippen LogP contribution in [0.15, 0.2) is 49.1 Å². The molecule has 2 heterocycles. The number of carbonyl (C=O) groups is 2. The van der Waals surface area contributed by atoms with Crippen LogP contribution in [0.2, 0.25) is 0 Å². The molecule has 6 nitrogen and oxygen atoms in total. The normalized spacial score (nSPS) is 17.0. The van der Waals surface area contributed by atoms with Gasteiger partial charge >= 0.3 is 0 Å². The minimum absolute atomic E-state index is 0.0217. The molecule has 0 bridgehead atoms. The Bertz CT molecular complexity index is 670. The van der Waals surface area contributed by atoms with E-state index in [2.05, 4.69) is 10.3 Å². The van der Waals surface area contributed by atoms with Gasteiger partial charge in [-0.05, 0) is 18.4 Å². The highest BCUT2D eigenvalue weighted by Crippen LogP contribution is 2.19. The molecule has 3 rings (SSSR count). The third-order valence-corrected chi connectivity index (χ3v) is 4.30. The molecule has 1 aromatic heterocycles. The molecule has 1 aromatic carbocycles. The molecule has 24 heavy (non-hydrogen) atoms. The Balaban J connectivity index is 1.52. The molecule has 1 saturated heterocycles. The number of imidazole rings is 1. The SMILES string of the molecule is O=C(NCCn1ccnc1)C1CCCN1C(=O)Cc1ccccc1. The molecule has 2 amide bonds. The Morgan fingerprint density at radius 1 is 1.25 bits per heavy atom. The van der Waals surface area contributed by atoms with E-state index in [4.69, 9.17) is 0 Å². The van der Waals surface area contributed by atoms with Gasteiger partial charge in [0, 0.05) is 32.0 Å². The summed E-state index contributed by atoms with van der Waals surface area (Å²) < 4.78 is 1.91. The highest BCUT2D eigenvalue weighted by atomic mass is 16.2. The smallest absolute Gasteiger partial charge is 0.242 e. The molecule has 2 aromatic rings. The number of amides is 2. The minimum Gasteiger partial charge on any atom is -0.353 e. The summed E-state index contributed by atoms with van der Waals surface area (Å²) in [7, 11) is 0. The molecule has 1 aliphatic rings. The lowest BCUT2D eigenvalue weighted by molar-refractivity contribution is -0.137. The Morgan fingerprint density at radius 3 is 2.83 bits per heavy atom. The monoisotopic (exact) mass is 326 g/mol. The number of aromatic nitrogens is 2. The van der Waals surface area contributed by atoms with Gasteiger partial charge in [0.1, 0.15) is 6.04 Å². The third kappa shape index (κ3) is 4.01. The van der Waals surface area contributed by atoms with Gasteiger partial charge in [-0.1, -0.05) is 30.3 Å². The summed E-state index contributed by atoms with van der Waals surface area (Å²) in [5, 5.41) is 2.93. The molecule has 1 unspecified atom stereocenters. The number of likely N-dealkylation sites (tertiary alicyclic amines) is 1. The van der Waals surface area contributed by atoms with Crippen LogP contribution in [0.5, 0.6) is 0 Å². The number of rotatable bonds is 6. The lowest BCUT2D eigenvalue weighted by atomic mass is 10.1. The van der Waals surface area contributed by atoms with Crippen LogP contribution in [0.3, 0.4) is 0 Å². The van der Waals surface area contributed by atoms with E-state index < -0.39 is 0 Å². The molecule has 1 atom stereocenters. The summed E-state index contributed by atoms with van der Waals surface area (Å²) in [6.07, 6.45) is 7.24. The van der Waals surface area contributed by atoms with Crippen molar-refractivity contribution in [3.63, 3.8) is 0 Å². The van der Waals surface area contributed by atoms with Crippen LogP contribution in [-0.2, 0) is 22.6 Å². The molecule has 6 heteroatoms. The third-order valence-electron chi connectivity index (χ3n) is 4.30. The first-order valence-corrected chi connectivity index (χ1v) is 8.31. The van der Waals surface area contributed by atoms with Gasteiger partial charge in [0.25, 0.3) is 0 Å².